The summed E-state index contributed by atoms with van der Waals surface area (Å²) in [5.74, 6) is 2.13. The molecule has 9 heteroatoms. The summed E-state index contributed by atoms with van der Waals surface area (Å²) in [6.45, 7) is 5.58. The molecule has 0 saturated heterocycles. The van der Waals surface area contributed by atoms with E-state index in [1.807, 2.05) is 20.8 Å². The topological polar surface area (TPSA) is 124 Å². The maximum atomic E-state index is 12.2. The fourth-order valence-corrected chi connectivity index (χ4v) is 5.13. The summed E-state index contributed by atoms with van der Waals surface area (Å²) in [6, 6.07) is 2.34. The van der Waals surface area contributed by atoms with Gasteiger partial charge in [-0.2, -0.15) is 9.61 Å². The lowest BCUT2D eigenvalue weighted by atomic mass is 9.93. The first-order valence-corrected chi connectivity index (χ1v) is 12.1. The molecule has 0 unspecified atom stereocenters. The van der Waals surface area contributed by atoms with Crippen LogP contribution in [0.25, 0.3) is 5.65 Å². The van der Waals surface area contributed by atoms with Crippen LogP contribution in [0.4, 0.5) is 10.6 Å². The van der Waals surface area contributed by atoms with Crippen molar-refractivity contribution in [2.75, 3.05) is 5.32 Å². The highest BCUT2D eigenvalue weighted by molar-refractivity contribution is 5.98. The van der Waals surface area contributed by atoms with E-state index < -0.39 is 11.5 Å². The molecule has 5 rings (SSSR count). The molecule has 2 heterocycles. The largest absolute Gasteiger partial charge is 0.444 e. The van der Waals surface area contributed by atoms with Crippen molar-refractivity contribution in [2.45, 2.75) is 89.3 Å². The van der Waals surface area contributed by atoms with E-state index in [1.54, 1.807) is 4.52 Å². The van der Waals surface area contributed by atoms with Crippen molar-refractivity contribution in [1.82, 2.24) is 19.9 Å². The van der Waals surface area contributed by atoms with Gasteiger partial charge in [0.2, 0.25) is 0 Å². The lowest BCUT2D eigenvalue weighted by Gasteiger charge is -2.22. The maximum Gasteiger partial charge on any atom is 0.407 e. The number of nitrogens with zero attached hydrogens (tertiary/aromatic N) is 3. The smallest absolute Gasteiger partial charge is 0.407 e. The fourth-order valence-electron chi connectivity index (χ4n) is 5.13. The number of hydrogen-bond donors (Lipinski definition) is 3. The van der Waals surface area contributed by atoms with Crippen molar-refractivity contribution in [3.05, 3.63) is 23.5 Å². The summed E-state index contributed by atoms with van der Waals surface area (Å²) >= 11 is 0. The van der Waals surface area contributed by atoms with Crippen LogP contribution in [0.15, 0.2) is 12.3 Å². The number of amides is 2. The van der Waals surface area contributed by atoms with Gasteiger partial charge in [0, 0.05) is 24.1 Å². The summed E-state index contributed by atoms with van der Waals surface area (Å²) in [6.07, 6.45) is 8.70. The second-order valence-electron chi connectivity index (χ2n) is 10.9. The van der Waals surface area contributed by atoms with Gasteiger partial charge in [0.25, 0.3) is 5.91 Å². The van der Waals surface area contributed by atoms with Gasteiger partial charge in [-0.1, -0.05) is 0 Å². The van der Waals surface area contributed by atoms with Gasteiger partial charge in [0.1, 0.15) is 17.0 Å². The van der Waals surface area contributed by atoms with Gasteiger partial charge >= 0.3 is 6.09 Å². The average Bonchev–Trinajstić information content (AvgIpc) is 3.63. The van der Waals surface area contributed by atoms with Gasteiger partial charge in [0.15, 0.2) is 5.65 Å². The first-order chi connectivity index (χ1) is 15.7. The molecule has 3 aliphatic carbocycles. The quantitative estimate of drug-likeness (QED) is 0.587. The molecule has 0 aromatic carbocycles. The normalized spacial score (nSPS) is 23.2. The predicted octanol–water partition coefficient (Wildman–Crippen LogP) is 3.59. The molecule has 0 bridgehead atoms. The highest BCUT2D eigenvalue weighted by Gasteiger charge is 2.43. The van der Waals surface area contributed by atoms with Crippen LogP contribution in [-0.2, 0) is 4.74 Å². The Hall–Kier alpha value is -2.84. The zero-order valence-corrected chi connectivity index (χ0v) is 19.6. The molecule has 3 aliphatic rings. The zero-order chi connectivity index (χ0) is 23.3. The van der Waals surface area contributed by atoms with Crippen LogP contribution in [0.2, 0.25) is 0 Å². The summed E-state index contributed by atoms with van der Waals surface area (Å²) in [7, 11) is 0. The van der Waals surface area contributed by atoms with E-state index in [2.05, 4.69) is 21.8 Å². The van der Waals surface area contributed by atoms with E-state index >= 15 is 0 Å². The summed E-state index contributed by atoms with van der Waals surface area (Å²) in [5.41, 5.74) is 7.01. The third kappa shape index (κ3) is 4.91. The van der Waals surface area contributed by atoms with Gasteiger partial charge in [-0.15, -0.1) is 0 Å². The number of carbonyl (C=O) groups is 2. The van der Waals surface area contributed by atoms with E-state index in [1.165, 1.54) is 31.9 Å². The Balaban J connectivity index is 1.36. The van der Waals surface area contributed by atoms with Crippen LogP contribution in [-0.4, -0.2) is 44.3 Å². The minimum absolute atomic E-state index is 0.0543. The second-order valence-corrected chi connectivity index (χ2v) is 10.9. The van der Waals surface area contributed by atoms with Crippen LogP contribution in [0.5, 0.6) is 0 Å². The molecule has 0 aliphatic heterocycles. The van der Waals surface area contributed by atoms with Crippen molar-refractivity contribution in [3.8, 4) is 0 Å². The highest BCUT2D eigenvalue weighted by Crippen LogP contribution is 2.54. The van der Waals surface area contributed by atoms with Gasteiger partial charge in [-0.3, -0.25) is 4.79 Å². The van der Waals surface area contributed by atoms with E-state index in [0.29, 0.717) is 29.0 Å². The number of fused-ring (bicyclic) bond motifs is 1. The number of nitrogens with one attached hydrogen (secondary N) is 2. The van der Waals surface area contributed by atoms with Crippen LogP contribution in [0, 0.1) is 11.8 Å². The Kier molecular flexibility index (Phi) is 5.45. The number of aromatic nitrogens is 3. The fraction of sp³-hybridized carbons (Fsp3) is 0.667. The Morgan fingerprint density at radius 1 is 1.12 bits per heavy atom. The third-order valence-electron chi connectivity index (χ3n) is 6.86. The molecule has 4 N–H and O–H groups in total. The van der Waals surface area contributed by atoms with Crippen molar-refractivity contribution < 1.29 is 14.3 Å². The van der Waals surface area contributed by atoms with E-state index in [0.717, 1.165) is 30.8 Å². The van der Waals surface area contributed by atoms with Gasteiger partial charge in [0.05, 0.1) is 11.9 Å². The number of ether oxygens (including phenoxy) is 1. The first-order valence-electron chi connectivity index (χ1n) is 12.1. The molecule has 3 fully saturated rings. The number of nitrogens with two attached hydrogens (primary N) is 1. The third-order valence-corrected chi connectivity index (χ3v) is 6.86. The minimum atomic E-state index is -0.517. The van der Waals surface area contributed by atoms with Crippen LogP contribution < -0.4 is 16.4 Å². The summed E-state index contributed by atoms with van der Waals surface area (Å²) in [4.78, 5) is 29.1. The van der Waals surface area contributed by atoms with Crippen LogP contribution in [0.3, 0.4) is 0 Å². The monoisotopic (exact) mass is 454 g/mol. The van der Waals surface area contributed by atoms with Crippen molar-refractivity contribution >= 4 is 23.5 Å². The maximum absolute atomic E-state index is 12.2. The van der Waals surface area contributed by atoms with Crippen LogP contribution >= 0.6 is 0 Å². The van der Waals surface area contributed by atoms with Gasteiger partial charge in [-0.25, -0.2) is 9.78 Å². The molecule has 33 heavy (non-hydrogen) atoms. The van der Waals surface area contributed by atoms with Crippen molar-refractivity contribution in [3.63, 3.8) is 0 Å². The number of primary amides is 1. The molecule has 178 valence electrons. The molecule has 9 nitrogen and oxygen atoms in total. The Labute approximate surface area is 193 Å². The lowest BCUT2D eigenvalue weighted by Crippen LogP contribution is -2.38. The number of rotatable bonds is 7. The SMILES string of the molecule is CC(C)(C)OC(=O)N[C@H]1CC[C@H](Nc2cc(C(C3CC3)C3CC3)nc3c(C(N)=O)cnn23)C1. The van der Waals surface area contributed by atoms with Crippen molar-refractivity contribution in [2.24, 2.45) is 17.6 Å². The van der Waals surface area contributed by atoms with Gasteiger partial charge < -0.3 is 21.1 Å². The molecule has 2 atom stereocenters. The van der Waals surface area contributed by atoms with Crippen molar-refractivity contribution in [1.29, 1.82) is 0 Å². The predicted molar refractivity (Wildman–Crippen MR) is 124 cm³/mol. The Morgan fingerprint density at radius 2 is 1.79 bits per heavy atom. The van der Waals surface area contributed by atoms with E-state index in [4.69, 9.17) is 15.5 Å². The molecule has 0 radical (unpaired) electrons. The van der Waals surface area contributed by atoms with Crippen LogP contribution in [0.1, 0.15) is 87.7 Å². The molecule has 0 spiro atoms. The Bertz CT molecular complexity index is 1050. The number of hydrogen-bond acceptors (Lipinski definition) is 6. The van der Waals surface area contributed by atoms with Gasteiger partial charge in [-0.05, 0) is 77.6 Å². The van der Waals surface area contributed by atoms with E-state index in [9.17, 15) is 9.59 Å². The minimum Gasteiger partial charge on any atom is -0.444 e. The van der Waals surface area contributed by atoms with E-state index in [-0.39, 0.29) is 18.2 Å². The number of alkyl carbamates (subject to hydrolysis) is 1. The molecule has 3 saturated carbocycles. The summed E-state index contributed by atoms with van der Waals surface area (Å²) < 4.78 is 7.09. The molecule has 2 amide bonds. The zero-order valence-electron chi connectivity index (χ0n) is 19.6. The highest BCUT2D eigenvalue weighted by atomic mass is 16.6. The second kappa shape index (κ2) is 8.18. The molecular weight excluding hydrogens is 420 g/mol. The molecular formula is C24H34N6O3. The molecule has 2 aromatic heterocycles. The standard InChI is InChI=1S/C24H34N6O3/c1-24(2,3)33-23(32)28-16-9-8-15(10-16)27-19-11-18(20(13-4-5-13)14-6-7-14)29-22-17(21(25)31)12-26-30(19)22/h11-16,20,27H,4-10H2,1-3H3,(H2,25,31)(H,28,32)/t15-,16-/m0/s1. The summed E-state index contributed by atoms with van der Waals surface area (Å²) in [5, 5.41) is 11.0. The number of anilines is 1. The Morgan fingerprint density at radius 3 is 2.39 bits per heavy atom. The average molecular weight is 455 g/mol. The lowest BCUT2D eigenvalue weighted by molar-refractivity contribution is 0.0505. The number of carbonyl (C=O) groups excluding carboxylic acids is 2. The first kappa shape index (κ1) is 22.0. The molecule has 2 aromatic rings.